The second-order valence-corrected chi connectivity index (χ2v) is 8.15. The molecular weight excluding hydrogens is 352 g/mol. The maximum Gasteiger partial charge on any atom is 0.0449 e. The van der Waals surface area contributed by atoms with E-state index in [1.807, 2.05) is 34.8 Å². The van der Waals surface area contributed by atoms with Crippen LogP contribution in [-0.2, 0) is 0 Å². The largest absolute Gasteiger partial charge is 0.134 e. The Labute approximate surface area is 162 Å². The molecule has 0 fully saturated rings. The van der Waals surface area contributed by atoms with Gasteiger partial charge in [-0.25, -0.2) is 0 Å². The van der Waals surface area contributed by atoms with Crippen LogP contribution in [0.3, 0.4) is 0 Å². The topological polar surface area (TPSA) is 0 Å². The van der Waals surface area contributed by atoms with E-state index in [0.717, 1.165) is 11.1 Å². The molecule has 4 rings (SSSR count). The highest BCUT2D eigenvalue weighted by atomic mass is 32.1. The van der Waals surface area contributed by atoms with Gasteiger partial charge >= 0.3 is 0 Å². The van der Waals surface area contributed by atoms with Crippen LogP contribution >= 0.6 is 22.7 Å². The summed E-state index contributed by atoms with van der Waals surface area (Å²) in [5, 5.41) is 0. The average Bonchev–Trinajstić information content (AvgIpc) is 3.38. The minimum atomic E-state index is 1.15. The summed E-state index contributed by atoms with van der Waals surface area (Å²) in [5.74, 6) is 0. The van der Waals surface area contributed by atoms with Gasteiger partial charge in [0.25, 0.3) is 0 Å². The van der Waals surface area contributed by atoms with Crippen molar-refractivity contribution in [2.45, 2.75) is 0 Å². The van der Waals surface area contributed by atoms with Gasteiger partial charge in [0, 0.05) is 19.5 Å². The first-order valence-electron chi connectivity index (χ1n) is 8.42. The molecular formula is C24H18S2. The third-order valence-corrected chi connectivity index (χ3v) is 6.78. The fourth-order valence-electron chi connectivity index (χ4n) is 2.82. The summed E-state index contributed by atoms with van der Waals surface area (Å²) in [6, 6.07) is 25.9. The van der Waals surface area contributed by atoms with E-state index in [9.17, 15) is 0 Å². The van der Waals surface area contributed by atoms with E-state index < -0.39 is 0 Å². The van der Waals surface area contributed by atoms with Crippen LogP contribution < -0.4 is 0 Å². The van der Waals surface area contributed by atoms with Crippen LogP contribution in [0.2, 0.25) is 0 Å². The van der Waals surface area contributed by atoms with Crippen LogP contribution in [0.1, 0.15) is 11.1 Å². The Morgan fingerprint density at radius 2 is 0.808 bits per heavy atom. The molecule has 2 heteroatoms. The number of hydrogen-bond acceptors (Lipinski definition) is 2. The second-order valence-electron chi connectivity index (χ2n) is 5.98. The summed E-state index contributed by atoms with van der Waals surface area (Å²) < 4.78 is 0. The lowest BCUT2D eigenvalue weighted by molar-refractivity contribution is 1.66. The molecule has 126 valence electrons. The molecule has 0 spiro atoms. The third kappa shape index (κ3) is 3.34. The van der Waals surface area contributed by atoms with Crippen molar-refractivity contribution in [3.63, 3.8) is 0 Å². The maximum absolute atomic E-state index is 3.81. The SMILES string of the molecule is C=Cc1ccc(-c2ccc(-c3ccc(-c4ccc(C=C)cc4)s3)s2)cc1. The molecule has 0 N–H and O–H groups in total. The predicted molar refractivity (Wildman–Crippen MR) is 119 cm³/mol. The van der Waals surface area contributed by atoms with Crippen molar-refractivity contribution >= 4 is 34.8 Å². The Kier molecular flexibility index (Phi) is 4.70. The van der Waals surface area contributed by atoms with Crippen molar-refractivity contribution in [3.05, 3.63) is 97.1 Å². The Morgan fingerprint density at radius 3 is 1.15 bits per heavy atom. The molecule has 0 nitrogen and oxygen atoms in total. The van der Waals surface area contributed by atoms with Crippen LogP contribution in [-0.4, -0.2) is 0 Å². The van der Waals surface area contributed by atoms with E-state index in [4.69, 9.17) is 0 Å². The Balaban J connectivity index is 1.60. The first-order valence-corrected chi connectivity index (χ1v) is 10.1. The van der Waals surface area contributed by atoms with E-state index in [1.54, 1.807) is 0 Å². The number of thiophene rings is 2. The fraction of sp³-hybridized carbons (Fsp3) is 0. The molecule has 0 unspecified atom stereocenters. The fourth-order valence-corrected chi connectivity index (χ4v) is 4.93. The highest BCUT2D eigenvalue weighted by Crippen LogP contribution is 2.40. The molecule has 2 aromatic carbocycles. The van der Waals surface area contributed by atoms with E-state index in [-0.39, 0.29) is 0 Å². The summed E-state index contributed by atoms with van der Waals surface area (Å²) in [7, 11) is 0. The second kappa shape index (κ2) is 7.28. The lowest BCUT2D eigenvalue weighted by Gasteiger charge is -1.99. The standard InChI is InChI=1S/C24H18S2/c1-3-17-5-9-19(10-6-17)21-13-15-23(25-21)24-16-14-22(26-24)20-11-7-18(4-2)8-12-20/h3-16H,1-2H2. The van der Waals surface area contributed by atoms with Gasteiger partial charge in [0.05, 0.1) is 0 Å². The van der Waals surface area contributed by atoms with Crippen molar-refractivity contribution in [2.24, 2.45) is 0 Å². The number of hydrogen-bond donors (Lipinski definition) is 0. The molecule has 4 aromatic rings. The van der Waals surface area contributed by atoms with Gasteiger partial charge in [-0.1, -0.05) is 73.8 Å². The van der Waals surface area contributed by atoms with Gasteiger partial charge in [0.15, 0.2) is 0 Å². The third-order valence-electron chi connectivity index (χ3n) is 4.32. The predicted octanol–water partition coefficient (Wildman–Crippen LogP) is 8.10. The summed E-state index contributed by atoms with van der Waals surface area (Å²) in [6.07, 6.45) is 3.75. The molecule has 0 radical (unpaired) electrons. The zero-order valence-corrected chi connectivity index (χ0v) is 15.9. The monoisotopic (exact) mass is 370 g/mol. The molecule has 0 aliphatic carbocycles. The number of rotatable bonds is 5. The summed E-state index contributed by atoms with van der Waals surface area (Å²) >= 11 is 3.68. The lowest BCUT2D eigenvalue weighted by Crippen LogP contribution is -1.73. The normalized spacial score (nSPS) is 10.6. The van der Waals surface area contributed by atoms with E-state index in [1.165, 1.54) is 30.6 Å². The van der Waals surface area contributed by atoms with Crippen molar-refractivity contribution in [3.8, 4) is 30.6 Å². The van der Waals surface area contributed by atoms with Gasteiger partial charge in [-0.15, -0.1) is 22.7 Å². The van der Waals surface area contributed by atoms with Crippen molar-refractivity contribution in [1.29, 1.82) is 0 Å². The Morgan fingerprint density at radius 1 is 0.462 bits per heavy atom. The summed E-state index contributed by atoms with van der Waals surface area (Å²) in [5.41, 5.74) is 4.80. The average molecular weight is 371 g/mol. The molecule has 0 bridgehead atoms. The quantitative estimate of drug-likeness (QED) is 0.333. The lowest BCUT2D eigenvalue weighted by atomic mass is 10.1. The zero-order chi connectivity index (χ0) is 17.9. The van der Waals surface area contributed by atoms with Crippen LogP contribution in [0, 0.1) is 0 Å². The zero-order valence-electron chi connectivity index (χ0n) is 14.3. The molecule has 0 aliphatic heterocycles. The van der Waals surface area contributed by atoms with Gasteiger partial charge in [-0.05, 0) is 46.5 Å². The van der Waals surface area contributed by atoms with E-state index in [0.29, 0.717) is 0 Å². The first kappa shape index (κ1) is 16.8. The van der Waals surface area contributed by atoms with Gasteiger partial charge in [0.1, 0.15) is 0 Å². The highest BCUT2D eigenvalue weighted by Gasteiger charge is 2.09. The molecule has 2 aromatic heterocycles. The minimum absolute atomic E-state index is 1.15. The van der Waals surface area contributed by atoms with Gasteiger partial charge < -0.3 is 0 Å². The highest BCUT2D eigenvalue weighted by molar-refractivity contribution is 7.25. The Bertz CT molecular complexity index is 957. The summed E-state index contributed by atoms with van der Waals surface area (Å²) in [6.45, 7) is 7.63. The molecule has 2 heterocycles. The Hall–Kier alpha value is -2.68. The molecule has 0 saturated heterocycles. The van der Waals surface area contributed by atoms with Crippen molar-refractivity contribution in [2.75, 3.05) is 0 Å². The summed E-state index contributed by atoms with van der Waals surface area (Å²) in [4.78, 5) is 5.21. The molecule has 0 saturated carbocycles. The van der Waals surface area contributed by atoms with Crippen LogP contribution in [0.15, 0.2) is 86.0 Å². The molecule has 0 atom stereocenters. The van der Waals surface area contributed by atoms with Crippen LogP contribution in [0.4, 0.5) is 0 Å². The molecule has 0 amide bonds. The van der Waals surface area contributed by atoms with Crippen LogP contribution in [0.5, 0.6) is 0 Å². The molecule has 26 heavy (non-hydrogen) atoms. The van der Waals surface area contributed by atoms with E-state index >= 15 is 0 Å². The van der Waals surface area contributed by atoms with Gasteiger partial charge in [0.2, 0.25) is 0 Å². The smallest absolute Gasteiger partial charge is 0.0449 e. The maximum atomic E-state index is 3.81. The van der Waals surface area contributed by atoms with Crippen molar-refractivity contribution < 1.29 is 0 Å². The van der Waals surface area contributed by atoms with E-state index in [2.05, 4.69) is 86.0 Å². The van der Waals surface area contributed by atoms with Crippen molar-refractivity contribution in [1.82, 2.24) is 0 Å². The van der Waals surface area contributed by atoms with Crippen LogP contribution in [0.25, 0.3) is 42.8 Å². The molecule has 0 aliphatic rings. The van der Waals surface area contributed by atoms with Gasteiger partial charge in [-0.2, -0.15) is 0 Å². The minimum Gasteiger partial charge on any atom is -0.134 e. The number of benzene rings is 2. The van der Waals surface area contributed by atoms with Gasteiger partial charge in [-0.3, -0.25) is 0 Å². The first-order chi connectivity index (χ1) is 12.8.